The number of carbonyl (C=O) groups is 1. The van der Waals surface area contributed by atoms with Gasteiger partial charge in [-0.05, 0) is 23.1 Å². The number of nitrogens with zero attached hydrogens (tertiary/aromatic N) is 3. The first-order chi connectivity index (χ1) is 15.7. The van der Waals surface area contributed by atoms with Crippen LogP contribution in [0.15, 0.2) is 85.2 Å². The third kappa shape index (κ3) is 4.05. The van der Waals surface area contributed by atoms with Crippen LogP contribution in [0.5, 0.6) is 0 Å². The minimum atomic E-state index is -0.0196. The van der Waals surface area contributed by atoms with Crippen molar-refractivity contribution < 1.29 is 4.79 Å². The molecular weight excluding hydrogens is 416 g/mol. The molecule has 6 heteroatoms. The fraction of sp³-hybridized carbons (Fsp3) is 0.115. The average Bonchev–Trinajstić information content (AvgIpc) is 3.28. The van der Waals surface area contributed by atoms with E-state index in [0.717, 1.165) is 37.4 Å². The zero-order valence-electron chi connectivity index (χ0n) is 17.7. The van der Waals surface area contributed by atoms with Crippen LogP contribution in [0.3, 0.4) is 0 Å². The third-order valence-corrected chi connectivity index (χ3v) is 6.56. The van der Waals surface area contributed by atoms with Crippen molar-refractivity contribution in [1.82, 2.24) is 9.97 Å². The van der Waals surface area contributed by atoms with Gasteiger partial charge >= 0.3 is 0 Å². The van der Waals surface area contributed by atoms with Gasteiger partial charge in [0.1, 0.15) is 17.0 Å². The first-order valence-corrected chi connectivity index (χ1v) is 11.3. The van der Waals surface area contributed by atoms with Crippen LogP contribution in [0.2, 0.25) is 0 Å². The highest BCUT2D eigenvalue weighted by molar-refractivity contribution is 7.21. The highest BCUT2D eigenvalue weighted by atomic mass is 32.1. The molecule has 0 aliphatic carbocycles. The van der Waals surface area contributed by atoms with Gasteiger partial charge in [0.2, 0.25) is 5.91 Å². The second kappa shape index (κ2) is 8.77. The van der Waals surface area contributed by atoms with E-state index in [4.69, 9.17) is 0 Å². The van der Waals surface area contributed by atoms with Crippen molar-refractivity contribution >= 4 is 49.7 Å². The summed E-state index contributed by atoms with van der Waals surface area (Å²) in [6.45, 7) is 0.555. The van der Waals surface area contributed by atoms with Crippen molar-refractivity contribution in [1.29, 1.82) is 0 Å². The van der Waals surface area contributed by atoms with E-state index in [2.05, 4.69) is 33.5 Å². The summed E-state index contributed by atoms with van der Waals surface area (Å²) >= 11 is 1.65. The SMILES string of the molecule is CN(CCC(=O)Nc1cccc2ccccc12)c1ncnc2sc(-c3ccccc3)cc12. The van der Waals surface area contributed by atoms with E-state index in [1.165, 1.54) is 5.56 Å². The van der Waals surface area contributed by atoms with E-state index < -0.39 is 0 Å². The topological polar surface area (TPSA) is 58.1 Å². The molecule has 5 nitrogen and oxygen atoms in total. The minimum absolute atomic E-state index is 0.0196. The fourth-order valence-electron chi connectivity index (χ4n) is 3.81. The fourth-order valence-corrected chi connectivity index (χ4v) is 4.81. The first kappa shape index (κ1) is 20.2. The van der Waals surface area contributed by atoms with Crippen molar-refractivity contribution in [3.8, 4) is 10.4 Å². The summed E-state index contributed by atoms with van der Waals surface area (Å²) in [6.07, 6.45) is 1.95. The van der Waals surface area contributed by atoms with Gasteiger partial charge in [-0.3, -0.25) is 4.79 Å². The number of nitrogens with one attached hydrogen (secondary N) is 1. The Hall–Kier alpha value is -3.77. The number of carbonyl (C=O) groups excluding carboxylic acids is 1. The highest BCUT2D eigenvalue weighted by Gasteiger charge is 2.14. The number of rotatable bonds is 6. The van der Waals surface area contributed by atoms with Gasteiger partial charge in [-0.25, -0.2) is 9.97 Å². The molecule has 1 N–H and O–H groups in total. The van der Waals surface area contributed by atoms with Crippen molar-refractivity contribution in [3.63, 3.8) is 0 Å². The first-order valence-electron chi connectivity index (χ1n) is 10.5. The monoisotopic (exact) mass is 438 g/mol. The Morgan fingerprint density at radius 2 is 1.72 bits per heavy atom. The summed E-state index contributed by atoms with van der Waals surface area (Å²) in [5, 5.41) is 6.22. The minimum Gasteiger partial charge on any atom is -0.359 e. The number of fused-ring (bicyclic) bond motifs is 2. The van der Waals surface area contributed by atoms with Gasteiger partial charge in [0, 0.05) is 36.0 Å². The molecule has 0 bridgehead atoms. The van der Waals surface area contributed by atoms with E-state index >= 15 is 0 Å². The van der Waals surface area contributed by atoms with Gasteiger partial charge in [0.15, 0.2) is 0 Å². The van der Waals surface area contributed by atoms with E-state index in [-0.39, 0.29) is 5.91 Å². The van der Waals surface area contributed by atoms with Crippen LogP contribution in [0.4, 0.5) is 11.5 Å². The van der Waals surface area contributed by atoms with Crippen molar-refractivity contribution in [2.75, 3.05) is 23.8 Å². The molecule has 2 heterocycles. The molecule has 0 saturated carbocycles. The number of aromatic nitrogens is 2. The van der Waals surface area contributed by atoms with Gasteiger partial charge < -0.3 is 10.2 Å². The summed E-state index contributed by atoms with van der Waals surface area (Å²) in [4.78, 5) is 25.8. The Morgan fingerprint density at radius 1 is 0.938 bits per heavy atom. The lowest BCUT2D eigenvalue weighted by Crippen LogP contribution is -2.24. The molecule has 158 valence electrons. The Kier molecular flexibility index (Phi) is 5.52. The molecule has 0 aliphatic rings. The largest absolute Gasteiger partial charge is 0.359 e. The molecule has 3 aromatic carbocycles. The Labute approximate surface area is 190 Å². The maximum absolute atomic E-state index is 12.7. The number of hydrogen-bond donors (Lipinski definition) is 1. The highest BCUT2D eigenvalue weighted by Crippen LogP contribution is 2.35. The van der Waals surface area contributed by atoms with Gasteiger partial charge in [-0.2, -0.15) is 0 Å². The molecule has 5 rings (SSSR count). The van der Waals surface area contributed by atoms with Crippen LogP contribution < -0.4 is 10.2 Å². The third-order valence-electron chi connectivity index (χ3n) is 5.47. The Balaban J connectivity index is 1.31. The van der Waals surface area contributed by atoms with Gasteiger partial charge in [0.05, 0.1) is 5.39 Å². The van der Waals surface area contributed by atoms with Crippen LogP contribution >= 0.6 is 11.3 Å². The lowest BCUT2D eigenvalue weighted by molar-refractivity contribution is -0.116. The summed E-state index contributed by atoms with van der Waals surface area (Å²) in [7, 11) is 1.97. The second-order valence-electron chi connectivity index (χ2n) is 7.64. The van der Waals surface area contributed by atoms with Crippen molar-refractivity contribution in [3.05, 3.63) is 85.2 Å². The number of anilines is 2. The predicted molar refractivity (Wildman–Crippen MR) is 133 cm³/mol. The molecule has 5 aromatic rings. The lowest BCUT2D eigenvalue weighted by atomic mass is 10.1. The number of hydrogen-bond acceptors (Lipinski definition) is 5. The van der Waals surface area contributed by atoms with E-state index in [9.17, 15) is 4.79 Å². The smallest absolute Gasteiger partial charge is 0.226 e. The van der Waals surface area contributed by atoms with Gasteiger partial charge in [0.25, 0.3) is 0 Å². The van der Waals surface area contributed by atoms with Crippen LogP contribution in [0.1, 0.15) is 6.42 Å². The van der Waals surface area contributed by atoms with Crippen LogP contribution in [-0.4, -0.2) is 29.5 Å². The predicted octanol–water partition coefficient (Wildman–Crippen LogP) is 5.98. The zero-order valence-corrected chi connectivity index (χ0v) is 18.5. The van der Waals surface area contributed by atoms with Crippen molar-refractivity contribution in [2.45, 2.75) is 6.42 Å². The molecule has 0 atom stereocenters. The molecular formula is C26H22N4OS. The standard InChI is InChI=1S/C26H22N4OS/c1-30(15-14-24(31)29-22-13-7-11-18-8-5-6-12-20(18)22)25-21-16-23(19-9-3-2-4-10-19)32-26(21)28-17-27-25/h2-13,16-17H,14-15H2,1H3,(H,29,31). The summed E-state index contributed by atoms with van der Waals surface area (Å²) < 4.78 is 0. The zero-order chi connectivity index (χ0) is 21.9. The maximum atomic E-state index is 12.7. The van der Waals surface area contributed by atoms with Crippen LogP contribution in [0.25, 0.3) is 31.4 Å². The Morgan fingerprint density at radius 3 is 2.59 bits per heavy atom. The molecule has 32 heavy (non-hydrogen) atoms. The quantitative estimate of drug-likeness (QED) is 0.354. The lowest BCUT2D eigenvalue weighted by Gasteiger charge is -2.18. The Bertz CT molecular complexity index is 1390. The van der Waals surface area contributed by atoms with E-state index in [1.807, 2.05) is 72.6 Å². The molecule has 1 amide bonds. The number of thiophene rings is 1. The average molecular weight is 439 g/mol. The number of amides is 1. The second-order valence-corrected chi connectivity index (χ2v) is 8.67. The molecule has 0 saturated heterocycles. The molecule has 0 radical (unpaired) electrons. The van der Waals surface area contributed by atoms with Crippen molar-refractivity contribution in [2.24, 2.45) is 0 Å². The normalized spacial score (nSPS) is 11.0. The van der Waals surface area contributed by atoms with Gasteiger partial charge in [-0.15, -0.1) is 11.3 Å². The molecule has 0 unspecified atom stereocenters. The summed E-state index contributed by atoms with van der Waals surface area (Å²) in [5.41, 5.74) is 2.00. The summed E-state index contributed by atoms with van der Waals surface area (Å²) in [6, 6.07) is 26.4. The molecule has 0 spiro atoms. The van der Waals surface area contributed by atoms with Crippen LogP contribution in [0, 0.1) is 0 Å². The molecule has 0 fully saturated rings. The number of benzene rings is 3. The van der Waals surface area contributed by atoms with E-state index in [0.29, 0.717) is 13.0 Å². The summed E-state index contributed by atoms with van der Waals surface area (Å²) in [5.74, 6) is 0.820. The van der Waals surface area contributed by atoms with Crippen LogP contribution in [-0.2, 0) is 4.79 Å². The molecule has 2 aromatic heterocycles. The van der Waals surface area contributed by atoms with E-state index in [1.54, 1.807) is 17.7 Å². The van der Waals surface area contributed by atoms with Gasteiger partial charge in [-0.1, -0.05) is 66.7 Å². The maximum Gasteiger partial charge on any atom is 0.226 e. The molecule has 0 aliphatic heterocycles.